The van der Waals surface area contributed by atoms with Gasteiger partial charge in [-0.1, -0.05) is 9.24 Å². The molecule has 0 aliphatic rings. The first-order valence-electron chi connectivity index (χ1n) is 3.39. The van der Waals surface area contributed by atoms with Gasteiger partial charge in [0.05, 0.1) is 18.2 Å². The Morgan fingerprint density at radius 2 is 2.23 bits per heavy atom. The lowest BCUT2D eigenvalue weighted by Crippen LogP contribution is -2.07. The second kappa shape index (κ2) is 3.71. The van der Waals surface area contributed by atoms with Crippen LogP contribution in [-0.4, -0.2) is 9.97 Å². The van der Waals surface area contributed by atoms with Gasteiger partial charge in [0.25, 0.3) is 5.66 Å². The molecule has 0 bridgehead atoms. The zero-order valence-electron chi connectivity index (χ0n) is 6.54. The van der Waals surface area contributed by atoms with Gasteiger partial charge < -0.3 is 0 Å². The van der Waals surface area contributed by atoms with Crippen LogP contribution in [0.2, 0.25) is 0 Å². The Morgan fingerprint density at radius 1 is 1.54 bits per heavy atom. The minimum atomic E-state index is -3.06. The van der Waals surface area contributed by atoms with Gasteiger partial charge in [0, 0.05) is 0 Å². The summed E-state index contributed by atoms with van der Waals surface area (Å²) in [5, 5.41) is 8.31. The SMILES string of the molecule is N#CCc1cc(C(F)(F)P)ncn1. The maximum Gasteiger partial charge on any atom is 0.300 e. The highest BCUT2D eigenvalue weighted by atomic mass is 31.0. The smallest absolute Gasteiger partial charge is 0.240 e. The van der Waals surface area contributed by atoms with Crippen molar-refractivity contribution in [1.82, 2.24) is 9.97 Å². The summed E-state index contributed by atoms with van der Waals surface area (Å²) >= 11 is 0. The largest absolute Gasteiger partial charge is 0.300 e. The minimum absolute atomic E-state index is 0.0102. The van der Waals surface area contributed by atoms with Crippen molar-refractivity contribution >= 4 is 9.24 Å². The lowest BCUT2D eigenvalue weighted by molar-refractivity contribution is 0.0983. The fourth-order valence-electron chi connectivity index (χ4n) is 0.758. The third-order valence-electron chi connectivity index (χ3n) is 1.33. The molecule has 0 aliphatic heterocycles. The normalized spacial score (nSPS) is 10.9. The van der Waals surface area contributed by atoms with E-state index in [1.165, 1.54) is 9.24 Å². The quantitative estimate of drug-likeness (QED) is 0.680. The Labute approximate surface area is 76.0 Å². The minimum Gasteiger partial charge on any atom is -0.240 e. The summed E-state index contributed by atoms with van der Waals surface area (Å²) in [6.45, 7) is 0. The average Bonchev–Trinajstić information content (AvgIpc) is 2.04. The zero-order valence-corrected chi connectivity index (χ0v) is 7.69. The predicted molar refractivity (Wildman–Crippen MR) is 45.0 cm³/mol. The van der Waals surface area contributed by atoms with Gasteiger partial charge in [-0.25, -0.2) is 9.97 Å². The second-order valence-corrected chi connectivity index (χ2v) is 3.08. The van der Waals surface area contributed by atoms with E-state index in [0.29, 0.717) is 5.69 Å². The molecule has 1 heterocycles. The molecule has 0 spiro atoms. The van der Waals surface area contributed by atoms with Crippen molar-refractivity contribution in [2.45, 2.75) is 12.1 Å². The highest BCUT2D eigenvalue weighted by molar-refractivity contribution is 7.17. The molecule has 0 saturated heterocycles. The molecule has 0 aromatic carbocycles. The van der Waals surface area contributed by atoms with E-state index in [1.807, 2.05) is 6.07 Å². The lowest BCUT2D eigenvalue weighted by atomic mass is 10.3. The van der Waals surface area contributed by atoms with Crippen molar-refractivity contribution in [3.05, 3.63) is 23.8 Å². The molecular formula is C7H6F2N3P. The molecule has 1 atom stereocenters. The Bertz CT molecular complexity index is 342. The molecule has 1 unspecified atom stereocenters. The molecule has 6 heteroatoms. The van der Waals surface area contributed by atoms with Crippen molar-refractivity contribution in [3.8, 4) is 6.07 Å². The first-order valence-corrected chi connectivity index (χ1v) is 3.97. The van der Waals surface area contributed by atoms with E-state index < -0.39 is 11.4 Å². The van der Waals surface area contributed by atoms with Crippen LogP contribution >= 0.6 is 9.24 Å². The molecule has 68 valence electrons. The first kappa shape index (κ1) is 9.94. The van der Waals surface area contributed by atoms with E-state index in [9.17, 15) is 8.78 Å². The molecule has 0 radical (unpaired) electrons. The van der Waals surface area contributed by atoms with E-state index >= 15 is 0 Å². The molecule has 13 heavy (non-hydrogen) atoms. The Kier molecular flexibility index (Phi) is 2.84. The fourth-order valence-corrected chi connectivity index (χ4v) is 0.915. The summed E-state index contributed by atoms with van der Waals surface area (Å²) in [5.41, 5.74) is -3.15. The number of alkyl halides is 2. The average molecular weight is 201 g/mol. The number of hydrogen-bond donors (Lipinski definition) is 0. The number of aromatic nitrogens is 2. The van der Waals surface area contributed by atoms with Gasteiger partial charge in [0.2, 0.25) is 0 Å². The van der Waals surface area contributed by atoms with Crippen LogP contribution in [0.15, 0.2) is 12.4 Å². The van der Waals surface area contributed by atoms with Crippen molar-refractivity contribution < 1.29 is 8.78 Å². The summed E-state index contributed by atoms with van der Waals surface area (Å²) in [4.78, 5) is 7.07. The van der Waals surface area contributed by atoms with Crippen molar-refractivity contribution in [1.29, 1.82) is 5.26 Å². The summed E-state index contributed by atoms with van der Waals surface area (Å²) in [7, 11) is 1.38. The van der Waals surface area contributed by atoms with Crippen molar-refractivity contribution in [2.75, 3.05) is 0 Å². The van der Waals surface area contributed by atoms with E-state index in [0.717, 1.165) is 12.4 Å². The van der Waals surface area contributed by atoms with E-state index in [4.69, 9.17) is 5.26 Å². The topological polar surface area (TPSA) is 49.6 Å². The first-order chi connectivity index (χ1) is 6.04. The number of nitriles is 1. The lowest BCUT2D eigenvalue weighted by Gasteiger charge is -2.08. The van der Waals surface area contributed by atoms with Gasteiger partial charge >= 0.3 is 0 Å². The Morgan fingerprint density at radius 3 is 2.77 bits per heavy atom. The van der Waals surface area contributed by atoms with Gasteiger partial charge in [0.1, 0.15) is 12.0 Å². The fraction of sp³-hybridized carbons (Fsp3) is 0.286. The summed E-state index contributed by atoms with van der Waals surface area (Å²) < 4.78 is 25.3. The third kappa shape index (κ3) is 2.67. The van der Waals surface area contributed by atoms with Crippen molar-refractivity contribution in [2.24, 2.45) is 0 Å². The zero-order chi connectivity index (χ0) is 9.90. The molecule has 0 aliphatic carbocycles. The monoisotopic (exact) mass is 201 g/mol. The molecule has 0 fully saturated rings. The van der Waals surface area contributed by atoms with Crippen LogP contribution < -0.4 is 0 Å². The van der Waals surface area contributed by atoms with Crippen LogP contribution in [0.25, 0.3) is 0 Å². The highest BCUT2D eigenvalue weighted by Crippen LogP contribution is 2.33. The molecule has 1 aromatic rings. The van der Waals surface area contributed by atoms with Crippen LogP contribution in [0.4, 0.5) is 8.78 Å². The molecule has 0 N–H and O–H groups in total. The van der Waals surface area contributed by atoms with E-state index in [2.05, 4.69) is 9.97 Å². The number of hydrogen-bond acceptors (Lipinski definition) is 3. The van der Waals surface area contributed by atoms with Crippen LogP contribution in [-0.2, 0) is 12.1 Å². The van der Waals surface area contributed by atoms with Crippen LogP contribution in [0.5, 0.6) is 0 Å². The summed E-state index contributed by atoms with van der Waals surface area (Å²) in [6.07, 6.45) is 1.04. The molecule has 3 nitrogen and oxygen atoms in total. The van der Waals surface area contributed by atoms with E-state index in [-0.39, 0.29) is 6.42 Å². The van der Waals surface area contributed by atoms with Crippen molar-refractivity contribution in [3.63, 3.8) is 0 Å². The van der Waals surface area contributed by atoms with Gasteiger partial charge in [-0.3, -0.25) is 0 Å². The standard InChI is InChI=1S/C7H6F2N3P/c8-7(9,13)6-3-5(1-2-10)11-4-12-6/h3-4H,1,13H2. The van der Waals surface area contributed by atoms with Gasteiger partial charge in [-0.2, -0.15) is 14.0 Å². The molecule has 0 amide bonds. The molecular weight excluding hydrogens is 195 g/mol. The molecule has 0 saturated carbocycles. The van der Waals surface area contributed by atoms with Gasteiger partial charge in [-0.15, -0.1) is 0 Å². The van der Waals surface area contributed by atoms with Crippen LogP contribution in [0.3, 0.4) is 0 Å². The number of nitrogens with zero attached hydrogens (tertiary/aromatic N) is 3. The van der Waals surface area contributed by atoms with Crippen LogP contribution in [0.1, 0.15) is 11.4 Å². The Balaban J connectivity index is 3.00. The van der Waals surface area contributed by atoms with Gasteiger partial charge in [0.15, 0.2) is 0 Å². The highest BCUT2D eigenvalue weighted by Gasteiger charge is 2.26. The second-order valence-electron chi connectivity index (χ2n) is 2.35. The number of rotatable bonds is 2. The van der Waals surface area contributed by atoms with E-state index in [1.54, 1.807) is 0 Å². The number of halogens is 2. The predicted octanol–water partition coefficient (Wildman–Crippen LogP) is 1.47. The van der Waals surface area contributed by atoms with Crippen LogP contribution in [0, 0.1) is 11.3 Å². The molecule has 1 aromatic heterocycles. The molecule has 1 rings (SSSR count). The summed E-state index contributed by atoms with van der Waals surface area (Å²) in [5.74, 6) is 0. The third-order valence-corrected chi connectivity index (χ3v) is 1.62. The Hall–Kier alpha value is -1.14. The maximum absolute atomic E-state index is 12.7. The maximum atomic E-state index is 12.7. The summed E-state index contributed by atoms with van der Waals surface area (Å²) in [6, 6.07) is 2.94. The van der Waals surface area contributed by atoms with Gasteiger partial charge in [-0.05, 0) is 6.07 Å².